The molecule has 448 valence electrons. The van der Waals surface area contributed by atoms with Crippen LogP contribution in [0.1, 0.15) is 290 Å². The van der Waals surface area contributed by atoms with Crippen LogP contribution in [0.3, 0.4) is 0 Å². The Bertz CT molecular complexity index is 1680. The Labute approximate surface area is 487 Å². The molecule has 0 saturated carbocycles. The van der Waals surface area contributed by atoms with E-state index < -0.39 is 12.1 Å². The first-order valence-corrected chi connectivity index (χ1v) is 32.7. The summed E-state index contributed by atoms with van der Waals surface area (Å²) in [6.07, 6.45) is 93.5. The maximum atomic E-state index is 12.9. The summed E-state index contributed by atoms with van der Waals surface area (Å²) < 4.78 is 16.8. The number of rotatable bonds is 58. The second-order valence-corrected chi connectivity index (χ2v) is 21.3. The van der Waals surface area contributed by atoms with Gasteiger partial charge >= 0.3 is 17.9 Å². The summed E-state index contributed by atoms with van der Waals surface area (Å²) in [7, 11) is 0. The van der Waals surface area contributed by atoms with Gasteiger partial charge in [-0.05, 0) is 116 Å². The average Bonchev–Trinajstić information content (AvgIpc) is 3.45. The molecule has 0 heterocycles. The Kier molecular flexibility index (Phi) is 62.3. The Morgan fingerprint density at radius 3 is 0.899 bits per heavy atom. The zero-order valence-electron chi connectivity index (χ0n) is 51.3. The molecule has 79 heavy (non-hydrogen) atoms. The molecule has 0 radical (unpaired) electrons. The van der Waals surface area contributed by atoms with E-state index in [0.717, 1.165) is 103 Å². The second-order valence-electron chi connectivity index (χ2n) is 21.3. The van der Waals surface area contributed by atoms with Gasteiger partial charge in [-0.1, -0.05) is 289 Å². The fraction of sp³-hybridized carbons (Fsp3) is 0.658. The van der Waals surface area contributed by atoms with E-state index >= 15 is 0 Å². The van der Waals surface area contributed by atoms with Gasteiger partial charge in [-0.15, -0.1) is 0 Å². The SMILES string of the molecule is CC/C=C\C/C=C\C/C=C\C/C=C\C/C=C\CCCCCCCCCCCCCCCC(=O)OCC(COC(=O)C/C=C\C/C=C\C/C=C\C/C=C\C/C=C\CC)OC(=O)CCCCCCCCC/C=C\CCCCCCCC. The van der Waals surface area contributed by atoms with E-state index in [0.29, 0.717) is 12.8 Å². The molecule has 0 aliphatic heterocycles. The van der Waals surface area contributed by atoms with E-state index in [1.165, 1.54) is 148 Å². The van der Waals surface area contributed by atoms with Crippen LogP contribution >= 0.6 is 0 Å². The molecule has 0 fully saturated rings. The van der Waals surface area contributed by atoms with Crippen molar-refractivity contribution in [1.82, 2.24) is 0 Å². The molecule has 0 saturated heterocycles. The molecule has 1 atom stereocenters. The first-order chi connectivity index (χ1) is 39.0. The van der Waals surface area contributed by atoms with E-state index in [9.17, 15) is 14.4 Å². The van der Waals surface area contributed by atoms with Crippen LogP contribution in [0.5, 0.6) is 0 Å². The molecule has 0 aliphatic carbocycles. The average molecular weight is 1090 g/mol. The summed E-state index contributed by atoms with van der Waals surface area (Å²) in [5, 5.41) is 0. The van der Waals surface area contributed by atoms with Crippen LogP contribution in [0.15, 0.2) is 134 Å². The lowest BCUT2D eigenvalue weighted by molar-refractivity contribution is -0.166. The summed E-state index contributed by atoms with van der Waals surface area (Å²) >= 11 is 0. The summed E-state index contributed by atoms with van der Waals surface area (Å²) in [6.45, 7) is 6.33. The van der Waals surface area contributed by atoms with Crippen molar-refractivity contribution in [3.63, 3.8) is 0 Å². The smallest absolute Gasteiger partial charge is 0.309 e. The van der Waals surface area contributed by atoms with Gasteiger partial charge in [-0.25, -0.2) is 0 Å². The first kappa shape index (κ1) is 74.5. The number of ether oxygens (including phenoxy) is 3. The topological polar surface area (TPSA) is 78.9 Å². The Hall–Kier alpha value is -4.45. The van der Waals surface area contributed by atoms with Gasteiger partial charge < -0.3 is 14.2 Å². The van der Waals surface area contributed by atoms with Crippen LogP contribution in [0.25, 0.3) is 0 Å². The van der Waals surface area contributed by atoms with Crippen molar-refractivity contribution in [1.29, 1.82) is 0 Å². The normalized spacial score (nSPS) is 13.0. The number of hydrogen-bond donors (Lipinski definition) is 0. The van der Waals surface area contributed by atoms with Gasteiger partial charge in [-0.3, -0.25) is 14.4 Å². The molecular formula is C73H120O6. The molecule has 0 aliphatic rings. The highest BCUT2D eigenvalue weighted by molar-refractivity contribution is 5.72. The molecule has 0 amide bonds. The van der Waals surface area contributed by atoms with Crippen LogP contribution < -0.4 is 0 Å². The third kappa shape index (κ3) is 64.3. The largest absolute Gasteiger partial charge is 0.462 e. The van der Waals surface area contributed by atoms with Crippen LogP contribution in [-0.4, -0.2) is 37.2 Å². The van der Waals surface area contributed by atoms with E-state index in [-0.39, 0.29) is 31.6 Å². The number of hydrogen-bond acceptors (Lipinski definition) is 6. The molecule has 1 unspecified atom stereocenters. The van der Waals surface area contributed by atoms with Gasteiger partial charge in [0.05, 0.1) is 6.42 Å². The fourth-order valence-electron chi connectivity index (χ4n) is 8.83. The van der Waals surface area contributed by atoms with Crippen molar-refractivity contribution >= 4 is 17.9 Å². The molecule has 0 N–H and O–H groups in total. The Morgan fingerprint density at radius 1 is 0.278 bits per heavy atom. The van der Waals surface area contributed by atoms with E-state index in [1.54, 1.807) is 6.08 Å². The molecule has 0 aromatic carbocycles. The van der Waals surface area contributed by atoms with Crippen LogP contribution in [0.2, 0.25) is 0 Å². The summed E-state index contributed by atoms with van der Waals surface area (Å²) in [5.41, 5.74) is 0. The summed E-state index contributed by atoms with van der Waals surface area (Å²) in [4.78, 5) is 38.3. The molecule has 0 aromatic heterocycles. The quantitative estimate of drug-likeness (QED) is 0.0261. The lowest BCUT2D eigenvalue weighted by Crippen LogP contribution is -2.30. The molecular weight excluding hydrogens is 973 g/mol. The van der Waals surface area contributed by atoms with E-state index in [4.69, 9.17) is 14.2 Å². The zero-order chi connectivity index (χ0) is 57.1. The third-order valence-electron chi connectivity index (χ3n) is 13.7. The minimum Gasteiger partial charge on any atom is -0.462 e. The lowest BCUT2D eigenvalue weighted by atomic mass is 10.0. The van der Waals surface area contributed by atoms with Crippen molar-refractivity contribution in [2.24, 2.45) is 0 Å². The van der Waals surface area contributed by atoms with Gasteiger partial charge in [-0.2, -0.15) is 0 Å². The van der Waals surface area contributed by atoms with Crippen LogP contribution in [0.4, 0.5) is 0 Å². The summed E-state index contributed by atoms with van der Waals surface area (Å²) in [6, 6.07) is 0. The van der Waals surface area contributed by atoms with Gasteiger partial charge in [0.25, 0.3) is 0 Å². The standard InChI is InChI=1S/C73H120O6/c1-4-7-10-13-16-19-22-25-28-30-31-32-33-34-35-36-37-38-39-40-41-43-45-48-51-54-57-60-63-66-72(75)78-69-70(68-77-71(74)65-62-59-56-53-50-47-44-27-24-21-18-15-12-9-6-3)79-73(76)67-64-61-58-55-52-49-46-42-29-26-23-20-17-14-11-8-5-2/h7,9-10,12,16,18-19,21,25-29,31-32,34-35,44,50,53,59,62,70H,4-6,8,11,13-15,17,20,22-24,30,33,36-43,45-49,51-52,54-58,60-61,63-69H2,1-3H3/b10-7-,12-9-,19-16-,21-18-,28-25-,29-26-,32-31-,35-34-,44-27-,53-50-,62-59-. The number of carbonyl (C=O) groups excluding carboxylic acids is 3. The Morgan fingerprint density at radius 2 is 0.544 bits per heavy atom. The second kappa shape index (κ2) is 66.1. The number of carbonyl (C=O) groups is 3. The maximum absolute atomic E-state index is 12.9. The number of esters is 3. The minimum atomic E-state index is -0.825. The molecule has 6 nitrogen and oxygen atoms in total. The zero-order valence-corrected chi connectivity index (χ0v) is 51.3. The highest BCUT2D eigenvalue weighted by atomic mass is 16.6. The number of unbranched alkanes of at least 4 members (excludes halogenated alkanes) is 26. The van der Waals surface area contributed by atoms with Crippen molar-refractivity contribution in [2.75, 3.05) is 13.2 Å². The predicted octanol–water partition coefficient (Wildman–Crippen LogP) is 22.5. The third-order valence-corrected chi connectivity index (χ3v) is 13.7. The predicted molar refractivity (Wildman–Crippen MR) is 343 cm³/mol. The van der Waals surface area contributed by atoms with Gasteiger partial charge in [0.15, 0.2) is 6.10 Å². The van der Waals surface area contributed by atoms with Crippen molar-refractivity contribution in [3.05, 3.63) is 134 Å². The number of allylic oxidation sites excluding steroid dienone is 21. The monoisotopic (exact) mass is 1090 g/mol. The Balaban J connectivity index is 4.36. The maximum Gasteiger partial charge on any atom is 0.309 e. The minimum absolute atomic E-state index is 0.112. The van der Waals surface area contributed by atoms with E-state index in [2.05, 4.69) is 142 Å². The molecule has 0 aromatic rings. The van der Waals surface area contributed by atoms with Crippen LogP contribution in [0, 0.1) is 0 Å². The molecule has 6 heteroatoms. The van der Waals surface area contributed by atoms with E-state index in [1.807, 2.05) is 6.08 Å². The lowest BCUT2D eigenvalue weighted by Gasteiger charge is -2.18. The first-order valence-electron chi connectivity index (χ1n) is 32.7. The van der Waals surface area contributed by atoms with Crippen molar-refractivity contribution in [2.45, 2.75) is 297 Å². The molecule has 0 spiro atoms. The van der Waals surface area contributed by atoms with Gasteiger partial charge in [0.2, 0.25) is 0 Å². The van der Waals surface area contributed by atoms with Crippen molar-refractivity contribution < 1.29 is 28.6 Å². The molecule has 0 bridgehead atoms. The van der Waals surface area contributed by atoms with Crippen LogP contribution in [-0.2, 0) is 28.6 Å². The summed E-state index contributed by atoms with van der Waals surface area (Å²) in [5.74, 6) is -1.05. The van der Waals surface area contributed by atoms with Gasteiger partial charge in [0, 0.05) is 12.8 Å². The molecule has 0 rings (SSSR count). The van der Waals surface area contributed by atoms with Crippen molar-refractivity contribution in [3.8, 4) is 0 Å². The highest BCUT2D eigenvalue weighted by Crippen LogP contribution is 2.16. The fourth-order valence-corrected chi connectivity index (χ4v) is 8.83. The van der Waals surface area contributed by atoms with Gasteiger partial charge in [0.1, 0.15) is 13.2 Å². The highest BCUT2D eigenvalue weighted by Gasteiger charge is 2.19.